The Hall–Kier alpha value is -2.04. The van der Waals surface area contributed by atoms with Gasteiger partial charge in [-0.2, -0.15) is 0 Å². The second-order valence-corrected chi connectivity index (χ2v) is 6.80. The number of nitrogens with one attached hydrogen (secondary N) is 1. The van der Waals surface area contributed by atoms with Crippen molar-refractivity contribution in [3.05, 3.63) is 59.7 Å². The molecule has 0 radical (unpaired) electrons. The van der Waals surface area contributed by atoms with Crippen molar-refractivity contribution in [2.45, 2.75) is 12.5 Å². The van der Waals surface area contributed by atoms with Gasteiger partial charge in [0, 0.05) is 39.4 Å². The summed E-state index contributed by atoms with van der Waals surface area (Å²) in [6.45, 7) is 4.29. The first kappa shape index (κ1) is 17.8. The number of ether oxygens (including phenoxy) is 1. The van der Waals surface area contributed by atoms with E-state index >= 15 is 0 Å². The zero-order valence-corrected chi connectivity index (χ0v) is 15.5. The molecule has 2 aromatic rings. The van der Waals surface area contributed by atoms with E-state index in [0.29, 0.717) is 0 Å². The van der Waals surface area contributed by atoms with Gasteiger partial charge in [0.05, 0.1) is 13.2 Å². The molecule has 4 heteroatoms. The first-order chi connectivity index (χ1) is 12.2. The second-order valence-electron chi connectivity index (χ2n) is 6.80. The number of anilines is 1. The second kappa shape index (κ2) is 8.37. The number of methoxy groups -OCH3 is 1. The van der Waals surface area contributed by atoms with Crippen molar-refractivity contribution in [2.75, 3.05) is 52.3 Å². The molecule has 0 aromatic heterocycles. The van der Waals surface area contributed by atoms with Crippen molar-refractivity contribution >= 4 is 5.69 Å². The Morgan fingerprint density at radius 1 is 1.00 bits per heavy atom. The Labute approximate surface area is 151 Å². The molecule has 1 aliphatic heterocycles. The van der Waals surface area contributed by atoms with Gasteiger partial charge in [0.15, 0.2) is 0 Å². The standard InChI is InChI=1S/C21H29N3O/c1-23(2)19-10-8-17(9-11-19)21(24-14-5-12-22-13-15-24)18-6-4-7-20(16-18)25-3/h4,6-11,16,21-22H,5,12-15H2,1-3H3. The highest BCUT2D eigenvalue weighted by Gasteiger charge is 2.23. The van der Waals surface area contributed by atoms with Gasteiger partial charge in [0.2, 0.25) is 0 Å². The first-order valence-corrected chi connectivity index (χ1v) is 9.05. The van der Waals surface area contributed by atoms with Gasteiger partial charge in [-0.1, -0.05) is 24.3 Å². The van der Waals surface area contributed by atoms with Crippen LogP contribution in [-0.4, -0.2) is 52.3 Å². The maximum absolute atomic E-state index is 5.47. The Morgan fingerprint density at radius 2 is 1.80 bits per heavy atom. The summed E-state index contributed by atoms with van der Waals surface area (Å²) in [6, 6.07) is 17.7. The molecule has 1 heterocycles. The lowest BCUT2D eigenvalue weighted by atomic mass is 9.96. The summed E-state index contributed by atoms with van der Waals surface area (Å²) >= 11 is 0. The molecule has 2 aromatic carbocycles. The van der Waals surface area contributed by atoms with Crippen LogP contribution in [0.15, 0.2) is 48.5 Å². The van der Waals surface area contributed by atoms with Gasteiger partial charge in [-0.3, -0.25) is 4.90 Å². The molecule has 1 N–H and O–H groups in total. The highest BCUT2D eigenvalue weighted by Crippen LogP contribution is 2.32. The SMILES string of the molecule is COc1cccc(C(c2ccc(N(C)C)cc2)N2CCCNCC2)c1. The summed E-state index contributed by atoms with van der Waals surface area (Å²) in [5.41, 5.74) is 3.85. The van der Waals surface area contributed by atoms with Crippen molar-refractivity contribution < 1.29 is 4.74 Å². The molecule has 134 valence electrons. The minimum atomic E-state index is 0.256. The van der Waals surface area contributed by atoms with Gasteiger partial charge in [0.1, 0.15) is 5.75 Å². The van der Waals surface area contributed by atoms with Crippen molar-refractivity contribution in [1.29, 1.82) is 0 Å². The minimum Gasteiger partial charge on any atom is -0.497 e. The van der Waals surface area contributed by atoms with E-state index in [1.54, 1.807) is 7.11 Å². The molecule has 1 unspecified atom stereocenters. The molecule has 1 aliphatic rings. The molecule has 0 amide bonds. The molecule has 25 heavy (non-hydrogen) atoms. The molecule has 1 atom stereocenters. The van der Waals surface area contributed by atoms with Crippen LogP contribution in [0.3, 0.4) is 0 Å². The molecule has 1 saturated heterocycles. The summed E-state index contributed by atoms with van der Waals surface area (Å²) in [6.07, 6.45) is 1.18. The van der Waals surface area contributed by atoms with Crippen LogP contribution in [0.4, 0.5) is 5.69 Å². The molecule has 0 spiro atoms. The van der Waals surface area contributed by atoms with Gasteiger partial charge in [0.25, 0.3) is 0 Å². The van der Waals surface area contributed by atoms with E-state index in [2.05, 4.69) is 71.7 Å². The fourth-order valence-corrected chi connectivity index (χ4v) is 3.51. The van der Waals surface area contributed by atoms with Crippen LogP contribution in [0.2, 0.25) is 0 Å². The number of nitrogens with zero attached hydrogens (tertiary/aromatic N) is 2. The van der Waals surface area contributed by atoms with Crippen molar-refractivity contribution in [3.63, 3.8) is 0 Å². The van der Waals surface area contributed by atoms with Gasteiger partial charge in [-0.15, -0.1) is 0 Å². The Bertz CT molecular complexity index is 661. The monoisotopic (exact) mass is 339 g/mol. The zero-order valence-electron chi connectivity index (χ0n) is 15.5. The number of hydrogen-bond donors (Lipinski definition) is 1. The van der Waals surface area contributed by atoms with Crippen molar-refractivity contribution in [3.8, 4) is 5.75 Å². The van der Waals surface area contributed by atoms with E-state index in [1.165, 1.54) is 23.2 Å². The molecule has 0 aliphatic carbocycles. The number of benzene rings is 2. The van der Waals surface area contributed by atoms with E-state index in [-0.39, 0.29) is 6.04 Å². The van der Waals surface area contributed by atoms with E-state index in [4.69, 9.17) is 4.74 Å². The van der Waals surface area contributed by atoms with Gasteiger partial charge in [-0.25, -0.2) is 0 Å². The average molecular weight is 339 g/mol. The summed E-state index contributed by atoms with van der Waals surface area (Å²) in [5, 5.41) is 3.51. The smallest absolute Gasteiger partial charge is 0.119 e. The van der Waals surface area contributed by atoms with Crippen molar-refractivity contribution in [1.82, 2.24) is 10.2 Å². The highest BCUT2D eigenvalue weighted by molar-refractivity contribution is 5.48. The molecular formula is C21H29N3O. The lowest BCUT2D eigenvalue weighted by Gasteiger charge is -2.32. The number of hydrogen-bond acceptors (Lipinski definition) is 4. The van der Waals surface area contributed by atoms with Crippen LogP contribution < -0.4 is 15.0 Å². The highest BCUT2D eigenvalue weighted by atomic mass is 16.5. The third-order valence-electron chi connectivity index (χ3n) is 4.87. The predicted molar refractivity (Wildman–Crippen MR) is 105 cm³/mol. The van der Waals surface area contributed by atoms with E-state index in [1.807, 2.05) is 6.07 Å². The zero-order chi connectivity index (χ0) is 17.6. The molecular weight excluding hydrogens is 310 g/mol. The lowest BCUT2D eigenvalue weighted by Crippen LogP contribution is -2.33. The largest absolute Gasteiger partial charge is 0.497 e. The third-order valence-corrected chi connectivity index (χ3v) is 4.87. The van der Waals surface area contributed by atoms with Crippen LogP contribution in [0.1, 0.15) is 23.6 Å². The summed E-state index contributed by atoms with van der Waals surface area (Å²) in [7, 11) is 5.89. The molecule has 0 bridgehead atoms. The van der Waals surface area contributed by atoms with Crippen LogP contribution in [0.5, 0.6) is 5.75 Å². The molecule has 0 saturated carbocycles. The lowest BCUT2D eigenvalue weighted by molar-refractivity contribution is 0.240. The van der Waals surface area contributed by atoms with E-state index < -0.39 is 0 Å². The van der Waals surface area contributed by atoms with Crippen LogP contribution in [0.25, 0.3) is 0 Å². The fourth-order valence-electron chi connectivity index (χ4n) is 3.51. The molecule has 1 fully saturated rings. The predicted octanol–water partition coefficient (Wildman–Crippen LogP) is 3.15. The van der Waals surface area contributed by atoms with E-state index in [9.17, 15) is 0 Å². The van der Waals surface area contributed by atoms with Crippen LogP contribution in [0, 0.1) is 0 Å². The van der Waals surface area contributed by atoms with Crippen LogP contribution in [-0.2, 0) is 0 Å². The number of rotatable bonds is 5. The summed E-state index contributed by atoms with van der Waals surface area (Å²) < 4.78 is 5.47. The minimum absolute atomic E-state index is 0.256. The average Bonchev–Trinajstić information content (AvgIpc) is 2.92. The van der Waals surface area contributed by atoms with Crippen LogP contribution >= 0.6 is 0 Å². The Morgan fingerprint density at radius 3 is 2.52 bits per heavy atom. The molecule has 4 nitrogen and oxygen atoms in total. The summed E-state index contributed by atoms with van der Waals surface area (Å²) in [4.78, 5) is 4.72. The summed E-state index contributed by atoms with van der Waals surface area (Å²) in [5.74, 6) is 0.917. The Balaban J connectivity index is 1.98. The fraction of sp³-hybridized carbons (Fsp3) is 0.429. The maximum atomic E-state index is 5.47. The topological polar surface area (TPSA) is 27.7 Å². The quantitative estimate of drug-likeness (QED) is 0.906. The van der Waals surface area contributed by atoms with E-state index in [0.717, 1.165) is 31.9 Å². The normalized spacial score (nSPS) is 16.9. The third kappa shape index (κ3) is 4.33. The van der Waals surface area contributed by atoms with Gasteiger partial charge in [-0.05, 0) is 48.4 Å². The Kier molecular flexibility index (Phi) is 5.95. The van der Waals surface area contributed by atoms with Crippen molar-refractivity contribution in [2.24, 2.45) is 0 Å². The maximum Gasteiger partial charge on any atom is 0.119 e. The van der Waals surface area contributed by atoms with Gasteiger partial charge < -0.3 is 15.0 Å². The molecule has 3 rings (SSSR count). The first-order valence-electron chi connectivity index (χ1n) is 9.05. The van der Waals surface area contributed by atoms with Gasteiger partial charge >= 0.3 is 0 Å².